The highest BCUT2D eigenvalue weighted by Crippen LogP contribution is 2.25. The molecular weight excluding hydrogens is 374 g/mol. The fourth-order valence-corrected chi connectivity index (χ4v) is 4.81. The second-order valence-electron chi connectivity index (χ2n) is 6.03. The van der Waals surface area contributed by atoms with Crippen LogP contribution in [-0.4, -0.2) is 49.7 Å². The summed E-state index contributed by atoms with van der Waals surface area (Å²) in [5.74, 6) is -0.108. The Labute approximate surface area is 158 Å². The number of rotatable bonds is 4. The smallest absolute Gasteiger partial charge is 0.253 e. The third-order valence-corrected chi connectivity index (χ3v) is 6.82. The molecule has 1 aliphatic rings. The van der Waals surface area contributed by atoms with Gasteiger partial charge in [-0.3, -0.25) is 4.79 Å². The molecule has 3 rings (SSSR count). The highest BCUT2D eigenvalue weighted by Gasteiger charge is 2.31. The molecule has 0 aliphatic carbocycles. The Hall–Kier alpha value is -1.93. The van der Waals surface area contributed by atoms with Crippen LogP contribution in [0.3, 0.4) is 0 Å². The standard InChI is InChI=1S/C18H20ClN3O3S/c19-16-3-1-2-4-17(16)26(24,25)22-11-9-21(10-12-22)18(23)15-7-5-14(13-20)6-8-15/h1-8H,9-13,20H2. The molecule has 0 radical (unpaired) electrons. The molecule has 0 atom stereocenters. The Morgan fingerprint density at radius 1 is 1.00 bits per heavy atom. The van der Waals surface area contributed by atoms with Crippen LogP contribution in [0.4, 0.5) is 0 Å². The molecule has 2 N–H and O–H groups in total. The van der Waals surface area contributed by atoms with Crippen LogP contribution in [0.5, 0.6) is 0 Å². The number of hydrogen-bond donors (Lipinski definition) is 1. The van der Waals surface area contributed by atoms with Crippen molar-refractivity contribution in [1.29, 1.82) is 0 Å². The highest BCUT2D eigenvalue weighted by atomic mass is 35.5. The summed E-state index contributed by atoms with van der Waals surface area (Å²) in [5.41, 5.74) is 7.10. The number of amides is 1. The van der Waals surface area contributed by atoms with Crippen molar-refractivity contribution in [3.8, 4) is 0 Å². The molecule has 1 fully saturated rings. The minimum absolute atomic E-state index is 0.0961. The lowest BCUT2D eigenvalue weighted by Crippen LogP contribution is -2.50. The molecule has 6 nitrogen and oxygen atoms in total. The van der Waals surface area contributed by atoms with Crippen LogP contribution in [0.1, 0.15) is 15.9 Å². The van der Waals surface area contributed by atoms with Crippen LogP contribution >= 0.6 is 11.6 Å². The summed E-state index contributed by atoms with van der Waals surface area (Å²) in [6.45, 7) is 1.57. The molecule has 0 spiro atoms. The normalized spacial score (nSPS) is 15.8. The summed E-state index contributed by atoms with van der Waals surface area (Å²) in [7, 11) is -3.67. The van der Waals surface area contributed by atoms with E-state index in [-0.39, 0.29) is 28.9 Å². The van der Waals surface area contributed by atoms with Crippen molar-refractivity contribution in [3.05, 3.63) is 64.7 Å². The number of benzene rings is 2. The van der Waals surface area contributed by atoms with Crippen LogP contribution in [0.15, 0.2) is 53.4 Å². The van der Waals surface area contributed by atoms with E-state index in [1.807, 2.05) is 12.1 Å². The van der Waals surface area contributed by atoms with Gasteiger partial charge in [-0.1, -0.05) is 35.9 Å². The molecule has 8 heteroatoms. The first kappa shape index (κ1) is 18.8. The minimum atomic E-state index is -3.67. The van der Waals surface area contributed by atoms with Gasteiger partial charge in [0.1, 0.15) is 4.90 Å². The van der Waals surface area contributed by atoms with E-state index >= 15 is 0 Å². The third-order valence-electron chi connectivity index (χ3n) is 4.42. The highest BCUT2D eigenvalue weighted by molar-refractivity contribution is 7.89. The van der Waals surface area contributed by atoms with Gasteiger partial charge in [-0.2, -0.15) is 4.31 Å². The number of sulfonamides is 1. The predicted molar refractivity (Wildman–Crippen MR) is 100 cm³/mol. The van der Waals surface area contributed by atoms with E-state index in [0.29, 0.717) is 25.2 Å². The lowest BCUT2D eigenvalue weighted by molar-refractivity contribution is 0.0698. The molecule has 1 aliphatic heterocycles. The first-order chi connectivity index (χ1) is 12.4. The maximum atomic E-state index is 12.8. The van der Waals surface area contributed by atoms with E-state index in [4.69, 9.17) is 17.3 Å². The quantitative estimate of drug-likeness (QED) is 0.860. The van der Waals surface area contributed by atoms with Gasteiger partial charge in [-0.05, 0) is 29.8 Å². The monoisotopic (exact) mass is 393 g/mol. The molecule has 138 valence electrons. The van der Waals surface area contributed by atoms with Crippen molar-refractivity contribution in [2.45, 2.75) is 11.4 Å². The van der Waals surface area contributed by atoms with E-state index in [9.17, 15) is 13.2 Å². The first-order valence-corrected chi connectivity index (χ1v) is 10.1. The van der Waals surface area contributed by atoms with Gasteiger partial charge in [0.25, 0.3) is 5.91 Å². The van der Waals surface area contributed by atoms with Crippen molar-refractivity contribution in [2.24, 2.45) is 5.73 Å². The summed E-state index contributed by atoms with van der Waals surface area (Å²) in [6, 6.07) is 13.5. The van der Waals surface area contributed by atoms with Gasteiger partial charge in [0, 0.05) is 38.3 Å². The molecule has 1 saturated heterocycles. The van der Waals surface area contributed by atoms with Gasteiger partial charge in [0.05, 0.1) is 5.02 Å². The average molecular weight is 394 g/mol. The van der Waals surface area contributed by atoms with Crippen LogP contribution in [-0.2, 0) is 16.6 Å². The molecule has 0 bridgehead atoms. The molecule has 26 heavy (non-hydrogen) atoms. The number of nitrogens with zero attached hydrogens (tertiary/aromatic N) is 2. The van der Waals surface area contributed by atoms with Gasteiger partial charge in [0.2, 0.25) is 10.0 Å². The van der Waals surface area contributed by atoms with E-state index in [0.717, 1.165) is 5.56 Å². The number of piperazine rings is 1. The minimum Gasteiger partial charge on any atom is -0.336 e. The zero-order valence-electron chi connectivity index (χ0n) is 14.1. The van der Waals surface area contributed by atoms with E-state index in [1.165, 1.54) is 10.4 Å². The van der Waals surface area contributed by atoms with Crippen LogP contribution < -0.4 is 5.73 Å². The van der Waals surface area contributed by atoms with E-state index in [2.05, 4.69) is 0 Å². The Balaban J connectivity index is 1.68. The molecule has 0 saturated carbocycles. The number of nitrogens with two attached hydrogens (primary N) is 1. The summed E-state index contributed by atoms with van der Waals surface area (Å²) in [5, 5.41) is 0.200. The second kappa shape index (κ2) is 7.75. The summed E-state index contributed by atoms with van der Waals surface area (Å²) in [4.78, 5) is 14.3. The number of hydrogen-bond acceptors (Lipinski definition) is 4. The number of halogens is 1. The largest absolute Gasteiger partial charge is 0.336 e. The van der Waals surface area contributed by atoms with Gasteiger partial charge >= 0.3 is 0 Å². The Kier molecular flexibility index (Phi) is 5.62. The van der Waals surface area contributed by atoms with Gasteiger partial charge < -0.3 is 10.6 Å². The topological polar surface area (TPSA) is 83.7 Å². The molecule has 0 aromatic heterocycles. The van der Waals surface area contributed by atoms with Crippen molar-refractivity contribution >= 4 is 27.5 Å². The van der Waals surface area contributed by atoms with Crippen LogP contribution in [0, 0.1) is 0 Å². The molecule has 1 amide bonds. The molecular formula is C18H20ClN3O3S. The first-order valence-electron chi connectivity index (χ1n) is 8.26. The number of carbonyl (C=O) groups is 1. The third kappa shape index (κ3) is 3.76. The zero-order chi connectivity index (χ0) is 18.7. The maximum absolute atomic E-state index is 12.8. The summed E-state index contributed by atoms with van der Waals surface area (Å²) < 4.78 is 26.9. The zero-order valence-corrected chi connectivity index (χ0v) is 15.7. The molecule has 0 unspecified atom stereocenters. The maximum Gasteiger partial charge on any atom is 0.253 e. The lowest BCUT2D eigenvalue weighted by atomic mass is 10.1. The van der Waals surface area contributed by atoms with E-state index < -0.39 is 10.0 Å². The lowest BCUT2D eigenvalue weighted by Gasteiger charge is -2.34. The average Bonchev–Trinajstić information content (AvgIpc) is 2.68. The van der Waals surface area contributed by atoms with Crippen molar-refractivity contribution in [3.63, 3.8) is 0 Å². The van der Waals surface area contributed by atoms with Crippen LogP contribution in [0.2, 0.25) is 5.02 Å². The molecule has 1 heterocycles. The molecule has 2 aromatic carbocycles. The Bertz CT molecular complexity index is 892. The van der Waals surface area contributed by atoms with Crippen molar-refractivity contribution in [1.82, 2.24) is 9.21 Å². The van der Waals surface area contributed by atoms with Gasteiger partial charge in [0.15, 0.2) is 0 Å². The number of carbonyl (C=O) groups excluding carboxylic acids is 1. The van der Waals surface area contributed by atoms with Crippen molar-refractivity contribution < 1.29 is 13.2 Å². The van der Waals surface area contributed by atoms with Crippen molar-refractivity contribution in [2.75, 3.05) is 26.2 Å². The molecule has 2 aromatic rings. The summed E-state index contributed by atoms with van der Waals surface area (Å²) >= 11 is 6.03. The fourth-order valence-electron chi connectivity index (χ4n) is 2.89. The SMILES string of the molecule is NCc1ccc(C(=O)N2CCN(S(=O)(=O)c3ccccc3Cl)CC2)cc1. The van der Waals surface area contributed by atoms with Crippen LogP contribution in [0.25, 0.3) is 0 Å². The van der Waals surface area contributed by atoms with Gasteiger partial charge in [-0.25, -0.2) is 8.42 Å². The predicted octanol–water partition coefficient (Wildman–Crippen LogP) is 1.95. The van der Waals surface area contributed by atoms with E-state index in [1.54, 1.807) is 35.2 Å². The Morgan fingerprint density at radius 2 is 1.62 bits per heavy atom. The summed E-state index contributed by atoms with van der Waals surface area (Å²) in [6.07, 6.45) is 0. The fraction of sp³-hybridized carbons (Fsp3) is 0.278. The van der Waals surface area contributed by atoms with Gasteiger partial charge in [-0.15, -0.1) is 0 Å². The second-order valence-corrected chi connectivity index (χ2v) is 8.34. The Morgan fingerprint density at radius 3 is 2.19 bits per heavy atom.